The van der Waals surface area contributed by atoms with Gasteiger partial charge in [-0.2, -0.15) is 0 Å². The molecule has 0 saturated heterocycles. The van der Waals surface area contributed by atoms with Crippen LogP contribution in [0, 0.1) is 5.82 Å². The molecule has 0 atom stereocenters. The predicted octanol–water partition coefficient (Wildman–Crippen LogP) is 3.30. The van der Waals surface area contributed by atoms with E-state index < -0.39 is 6.03 Å². The van der Waals surface area contributed by atoms with Crippen LogP contribution in [0.15, 0.2) is 54.7 Å². The SMILES string of the molecule is COc1ccc(/C=C/NC(=O)NCc2ccccc2F)cc1. The van der Waals surface area contributed by atoms with Crippen molar-refractivity contribution < 1.29 is 13.9 Å². The number of hydrogen-bond donors (Lipinski definition) is 2. The van der Waals surface area contributed by atoms with Gasteiger partial charge in [-0.1, -0.05) is 30.3 Å². The Kier molecular flexibility index (Phi) is 5.54. The van der Waals surface area contributed by atoms with E-state index in [9.17, 15) is 9.18 Å². The number of hydrogen-bond acceptors (Lipinski definition) is 2. The molecule has 0 fully saturated rings. The first-order chi connectivity index (χ1) is 10.7. The van der Waals surface area contributed by atoms with Gasteiger partial charge in [0.05, 0.1) is 7.11 Å². The smallest absolute Gasteiger partial charge is 0.319 e. The fourth-order valence-electron chi connectivity index (χ4n) is 1.80. The van der Waals surface area contributed by atoms with Gasteiger partial charge in [0.25, 0.3) is 0 Å². The zero-order chi connectivity index (χ0) is 15.8. The lowest BCUT2D eigenvalue weighted by Crippen LogP contribution is -2.31. The van der Waals surface area contributed by atoms with Crippen LogP contribution >= 0.6 is 0 Å². The van der Waals surface area contributed by atoms with E-state index in [1.807, 2.05) is 24.3 Å². The first-order valence-corrected chi connectivity index (χ1v) is 6.77. The number of amides is 2. The molecule has 2 N–H and O–H groups in total. The van der Waals surface area contributed by atoms with Crippen LogP contribution in [-0.2, 0) is 6.54 Å². The second kappa shape index (κ2) is 7.83. The Balaban J connectivity index is 1.79. The maximum Gasteiger partial charge on any atom is 0.319 e. The van der Waals surface area contributed by atoms with Gasteiger partial charge in [-0.05, 0) is 29.8 Å². The Labute approximate surface area is 128 Å². The molecule has 4 nitrogen and oxygen atoms in total. The minimum Gasteiger partial charge on any atom is -0.497 e. The van der Waals surface area contributed by atoms with Gasteiger partial charge < -0.3 is 15.4 Å². The topological polar surface area (TPSA) is 50.4 Å². The van der Waals surface area contributed by atoms with E-state index in [4.69, 9.17) is 4.74 Å². The highest BCUT2D eigenvalue weighted by molar-refractivity contribution is 5.75. The van der Waals surface area contributed by atoms with Crippen molar-refractivity contribution in [3.05, 3.63) is 71.7 Å². The van der Waals surface area contributed by atoms with Crippen LogP contribution < -0.4 is 15.4 Å². The normalized spacial score (nSPS) is 10.5. The number of methoxy groups -OCH3 is 1. The minimum atomic E-state index is -0.395. The first kappa shape index (κ1) is 15.6. The Morgan fingerprint density at radius 2 is 1.91 bits per heavy atom. The van der Waals surface area contributed by atoms with E-state index in [1.165, 1.54) is 12.3 Å². The van der Waals surface area contributed by atoms with E-state index in [1.54, 1.807) is 31.4 Å². The summed E-state index contributed by atoms with van der Waals surface area (Å²) in [5, 5.41) is 5.15. The number of nitrogens with one attached hydrogen (secondary N) is 2. The number of halogens is 1. The summed E-state index contributed by atoms with van der Waals surface area (Å²) >= 11 is 0. The van der Waals surface area contributed by atoms with Crippen molar-refractivity contribution in [2.75, 3.05) is 7.11 Å². The van der Waals surface area contributed by atoms with Gasteiger partial charge in [0.2, 0.25) is 0 Å². The summed E-state index contributed by atoms with van der Waals surface area (Å²) in [7, 11) is 1.60. The summed E-state index contributed by atoms with van der Waals surface area (Å²) in [6.07, 6.45) is 3.28. The molecule has 0 aliphatic rings. The predicted molar refractivity (Wildman–Crippen MR) is 83.8 cm³/mol. The molecule has 22 heavy (non-hydrogen) atoms. The Morgan fingerprint density at radius 1 is 1.18 bits per heavy atom. The summed E-state index contributed by atoms with van der Waals surface area (Å²) in [5.74, 6) is 0.435. The Hall–Kier alpha value is -2.82. The van der Waals surface area contributed by atoms with Crippen molar-refractivity contribution in [3.63, 3.8) is 0 Å². The monoisotopic (exact) mass is 300 g/mol. The molecule has 2 amide bonds. The molecular weight excluding hydrogens is 283 g/mol. The van der Waals surface area contributed by atoms with Gasteiger partial charge in [-0.15, -0.1) is 0 Å². The molecule has 2 aromatic rings. The number of benzene rings is 2. The van der Waals surface area contributed by atoms with Crippen LogP contribution in [0.2, 0.25) is 0 Å². The van der Waals surface area contributed by atoms with Crippen LogP contribution in [0.5, 0.6) is 5.75 Å². The van der Waals surface area contributed by atoms with Crippen LogP contribution in [-0.4, -0.2) is 13.1 Å². The highest BCUT2D eigenvalue weighted by atomic mass is 19.1. The molecule has 0 radical (unpaired) electrons. The molecule has 2 aromatic carbocycles. The summed E-state index contributed by atoms with van der Waals surface area (Å²) in [6.45, 7) is 0.134. The Morgan fingerprint density at radius 3 is 2.59 bits per heavy atom. The van der Waals surface area contributed by atoms with Crippen LogP contribution in [0.1, 0.15) is 11.1 Å². The molecule has 0 aliphatic heterocycles. The van der Waals surface area contributed by atoms with Crippen LogP contribution in [0.4, 0.5) is 9.18 Å². The molecule has 114 valence electrons. The largest absolute Gasteiger partial charge is 0.497 e. The fraction of sp³-hybridized carbons (Fsp3) is 0.118. The third-order valence-corrected chi connectivity index (χ3v) is 3.00. The van der Waals surface area contributed by atoms with Crippen molar-refractivity contribution in [3.8, 4) is 5.75 Å². The van der Waals surface area contributed by atoms with E-state index >= 15 is 0 Å². The number of ether oxygens (including phenoxy) is 1. The second-order valence-electron chi connectivity index (χ2n) is 4.52. The zero-order valence-electron chi connectivity index (χ0n) is 12.2. The molecule has 0 saturated carbocycles. The maximum atomic E-state index is 13.4. The fourth-order valence-corrected chi connectivity index (χ4v) is 1.80. The lowest BCUT2D eigenvalue weighted by molar-refractivity contribution is 0.243. The van der Waals surface area contributed by atoms with Gasteiger partial charge in [0, 0.05) is 18.3 Å². The van der Waals surface area contributed by atoms with Crippen molar-refractivity contribution >= 4 is 12.1 Å². The van der Waals surface area contributed by atoms with Gasteiger partial charge in [0.15, 0.2) is 0 Å². The van der Waals surface area contributed by atoms with Crippen molar-refractivity contribution in [2.45, 2.75) is 6.54 Å². The van der Waals surface area contributed by atoms with Crippen molar-refractivity contribution in [1.29, 1.82) is 0 Å². The second-order valence-corrected chi connectivity index (χ2v) is 4.52. The third-order valence-electron chi connectivity index (χ3n) is 3.00. The highest BCUT2D eigenvalue weighted by Gasteiger charge is 2.02. The molecule has 0 aromatic heterocycles. The van der Waals surface area contributed by atoms with Crippen LogP contribution in [0.3, 0.4) is 0 Å². The standard InChI is InChI=1S/C17H17FN2O2/c1-22-15-8-6-13(7-9-15)10-11-19-17(21)20-12-14-4-2-3-5-16(14)18/h2-11H,12H2,1H3,(H2,19,20,21)/b11-10+. The molecular formula is C17H17FN2O2. The van der Waals surface area contributed by atoms with Crippen molar-refractivity contribution in [2.24, 2.45) is 0 Å². The third kappa shape index (κ3) is 4.63. The summed E-state index contributed by atoms with van der Waals surface area (Å²) in [6, 6.07) is 13.3. The molecule has 2 rings (SSSR count). The maximum absolute atomic E-state index is 13.4. The highest BCUT2D eigenvalue weighted by Crippen LogP contribution is 2.11. The first-order valence-electron chi connectivity index (χ1n) is 6.77. The van der Waals surface area contributed by atoms with E-state index in [-0.39, 0.29) is 12.4 Å². The average Bonchev–Trinajstić information content (AvgIpc) is 2.55. The summed E-state index contributed by atoms with van der Waals surface area (Å²) < 4.78 is 18.4. The van der Waals surface area contributed by atoms with Gasteiger partial charge in [-0.3, -0.25) is 0 Å². The zero-order valence-corrected chi connectivity index (χ0v) is 12.2. The quantitative estimate of drug-likeness (QED) is 0.890. The molecule has 0 heterocycles. The molecule has 0 unspecified atom stereocenters. The number of rotatable bonds is 5. The summed E-state index contributed by atoms with van der Waals surface area (Å²) in [4.78, 5) is 11.6. The number of carbonyl (C=O) groups is 1. The lowest BCUT2D eigenvalue weighted by atomic mass is 10.2. The Bertz CT molecular complexity index is 654. The molecule has 0 bridgehead atoms. The molecule has 0 aliphatic carbocycles. The van der Waals surface area contributed by atoms with E-state index in [2.05, 4.69) is 10.6 Å². The summed E-state index contributed by atoms with van der Waals surface area (Å²) in [5.41, 5.74) is 1.37. The van der Waals surface area contributed by atoms with Gasteiger partial charge in [-0.25, -0.2) is 9.18 Å². The van der Waals surface area contributed by atoms with E-state index in [0.29, 0.717) is 5.56 Å². The van der Waals surface area contributed by atoms with Gasteiger partial charge in [0.1, 0.15) is 11.6 Å². The lowest BCUT2D eigenvalue weighted by Gasteiger charge is -2.05. The van der Waals surface area contributed by atoms with Crippen molar-refractivity contribution in [1.82, 2.24) is 10.6 Å². The molecule has 5 heteroatoms. The van der Waals surface area contributed by atoms with E-state index in [0.717, 1.165) is 11.3 Å². The van der Waals surface area contributed by atoms with Crippen LogP contribution in [0.25, 0.3) is 6.08 Å². The number of carbonyl (C=O) groups excluding carboxylic acids is 1. The molecule has 0 spiro atoms. The van der Waals surface area contributed by atoms with Gasteiger partial charge >= 0.3 is 6.03 Å². The number of urea groups is 1. The minimum absolute atomic E-state index is 0.134. The average molecular weight is 300 g/mol.